The van der Waals surface area contributed by atoms with E-state index in [9.17, 15) is 0 Å². The lowest BCUT2D eigenvalue weighted by molar-refractivity contribution is 0.354. The number of nitrogen functional groups attached to an aromatic ring is 1. The van der Waals surface area contributed by atoms with Crippen molar-refractivity contribution in [1.29, 1.82) is 0 Å². The summed E-state index contributed by atoms with van der Waals surface area (Å²) in [7, 11) is 3.23. The molecule has 0 aliphatic heterocycles. The van der Waals surface area contributed by atoms with Crippen LogP contribution in [-0.2, 0) is 0 Å². The van der Waals surface area contributed by atoms with Crippen LogP contribution in [0, 0.1) is 6.92 Å². The number of aryl methyl sites for hydroxylation is 1. The normalized spacial score (nSPS) is 10.3. The number of rotatable bonds is 3. The molecule has 0 amide bonds. The predicted molar refractivity (Wildman–Crippen MR) is 66.3 cm³/mol. The van der Waals surface area contributed by atoms with Crippen molar-refractivity contribution in [3.8, 4) is 22.8 Å². The third-order valence-electron chi connectivity index (χ3n) is 2.61. The third-order valence-corrected chi connectivity index (χ3v) is 2.61. The molecule has 0 atom stereocenters. The summed E-state index contributed by atoms with van der Waals surface area (Å²) in [6, 6.07) is 5.67. The van der Waals surface area contributed by atoms with Crippen LogP contribution in [0.2, 0.25) is 0 Å². The summed E-state index contributed by atoms with van der Waals surface area (Å²) in [5.74, 6) is 1.84. The molecule has 0 aliphatic carbocycles. The highest BCUT2D eigenvalue weighted by Crippen LogP contribution is 2.39. The summed E-state index contributed by atoms with van der Waals surface area (Å²) in [4.78, 5) is 0. The quantitative estimate of drug-likeness (QED) is 0.850. The van der Waals surface area contributed by atoms with Crippen molar-refractivity contribution in [2.24, 2.45) is 0 Å². The number of H-pyrrole nitrogens is 1. The molecule has 0 saturated heterocycles. The number of benzene rings is 1. The van der Waals surface area contributed by atoms with Crippen molar-refractivity contribution in [2.75, 3.05) is 20.0 Å². The summed E-state index contributed by atoms with van der Waals surface area (Å²) >= 11 is 0. The number of aromatic amines is 1. The minimum Gasteiger partial charge on any atom is -0.493 e. The number of anilines is 1. The van der Waals surface area contributed by atoms with E-state index in [1.54, 1.807) is 20.3 Å². The first-order valence-corrected chi connectivity index (χ1v) is 5.20. The van der Waals surface area contributed by atoms with Crippen LogP contribution in [0.5, 0.6) is 11.5 Å². The molecule has 0 bridgehead atoms. The maximum Gasteiger partial charge on any atom is 0.170 e. The third kappa shape index (κ3) is 1.91. The van der Waals surface area contributed by atoms with E-state index in [0.717, 1.165) is 22.6 Å². The fourth-order valence-corrected chi connectivity index (χ4v) is 1.80. The Bertz CT molecular complexity index is 535. The second-order valence-electron chi connectivity index (χ2n) is 3.70. The molecule has 5 heteroatoms. The summed E-state index contributed by atoms with van der Waals surface area (Å²) in [6.45, 7) is 1.96. The SMILES string of the molecule is COc1c(C)ccc(-c2cc(N)n[nH]2)c1OC. The highest BCUT2D eigenvalue weighted by atomic mass is 16.5. The first-order valence-electron chi connectivity index (χ1n) is 5.20. The second-order valence-corrected chi connectivity index (χ2v) is 3.70. The first-order chi connectivity index (χ1) is 8.17. The molecular weight excluding hydrogens is 218 g/mol. The number of nitrogens with zero attached hydrogens (tertiary/aromatic N) is 1. The molecule has 2 rings (SSSR count). The lowest BCUT2D eigenvalue weighted by Crippen LogP contribution is -1.95. The molecule has 0 radical (unpaired) electrons. The molecule has 0 aliphatic rings. The molecule has 0 spiro atoms. The van der Waals surface area contributed by atoms with Crippen LogP contribution in [0.3, 0.4) is 0 Å². The zero-order chi connectivity index (χ0) is 12.4. The minimum atomic E-state index is 0.446. The second kappa shape index (κ2) is 4.37. The number of nitrogens with two attached hydrogens (primary N) is 1. The van der Waals surface area contributed by atoms with E-state index >= 15 is 0 Å². The molecule has 90 valence electrons. The Morgan fingerprint density at radius 3 is 2.41 bits per heavy atom. The molecule has 1 heterocycles. The maximum atomic E-state index is 5.59. The predicted octanol–water partition coefficient (Wildman–Crippen LogP) is 1.98. The van der Waals surface area contributed by atoms with Crippen molar-refractivity contribution >= 4 is 5.82 Å². The van der Waals surface area contributed by atoms with Gasteiger partial charge >= 0.3 is 0 Å². The van der Waals surface area contributed by atoms with Crippen molar-refractivity contribution in [1.82, 2.24) is 10.2 Å². The van der Waals surface area contributed by atoms with Gasteiger partial charge in [-0.2, -0.15) is 5.10 Å². The smallest absolute Gasteiger partial charge is 0.170 e. The van der Waals surface area contributed by atoms with Gasteiger partial charge < -0.3 is 15.2 Å². The summed E-state index contributed by atoms with van der Waals surface area (Å²) in [6.07, 6.45) is 0. The Hall–Kier alpha value is -2.17. The van der Waals surface area contributed by atoms with Crippen molar-refractivity contribution in [3.63, 3.8) is 0 Å². The van der Waals surface area contributed by atoms with Crippen LogP contribution in [0.15, 0.2) is 18.2 Å². The lowest BCUT2D eigenvalue weighted by atomic mass is 10.1. The van der Waals surface area contributed by atoms with Gasteiger partial charge in [0.1, 0.15) is 5.82 Å². The van der Waals surface area contributed by atoms with Gasteiger partial charge in [-0.25, -0.2) is 0 Å². The van der Waals surface area contributed by atoms with Crippen LogP contribution < -0.4 is 15.2 Å². The van der Waals surface area contributed by atoms with E-state index in [-0.39, 0.29) is 0 Å². The zero-order valence-electron chi connectivity index (χ0n) is 10.1. The number of ether oxygens (including phenoxy) is 2. The molecule has 0 fully saturated rings. The van der Waals surface area contributed by atoms with Crippen LogP contribution in [0.1, 0.15) is 5.56 Å². The minimum absolute atomic E-state index is 0.446. The Labute approximate surface area is 99.5 Å². The van der Waals surface area contributed by atoms with Crippen molar-refractivity contribution in [3.05, 3.63) is 23.8 Å². The number of hydrogen-bond donors (Lipinski definition) is 2. The molecule has 0 saturated carbocycles. The van der Waals surface area contributed by atoms with Crippen LogP contribution in [0.25, 0.3) is 11.3 Å². The van der Waals surface area contributed by atoms with E-state index in [1.165, 1.54) is 0 Å². The lowest BCUT2D eigenvalue weighted by Gasteiger charge is -2.13. The highest BCUT2D eigenvalue weighted by molar-refractivity contribution is 5.73. The van der Waals surface area contributed by atoms with Gasteiger partial charge in [0, 0.05) is 11.6 Å². The summed E-state index contributed by atoms with van der Waals surface area (Å²) in [5, 5.41) is 6.76. The molecule has 3 N–H and O–H groups in total. The fourth-order valence-electron chi connectivity index (χ4n) is 1.80. The van der Waals surface area contributed by atoms with Gasteiger partial charge in [0.05, 0.1) is 19.9 Å². The average Bonchev–Trinajstić information content (AvgIpc) is 2.75. The molecule has 1 aromatic heterocycles. The van der Waals surface area contributed by atoms with E-state index in [0.29, 0.717) is 11.6 Å². The standard InChI is InChI=1S/C12H15N3O2/c1-7-4-5-8(9-6-10(13)15-14-9)12(17-3)11(7)16-2/h4-6H,1-3H3,(H3,13,14,15). The monoisotopic (exact) mass is 233 g/mol. The van der Waals surface area contributed by atoms with Gasteiger partial charge in [0.15, 0.2) is 11.5 Å². The summed E-state index contributed by atoms with van der Waals surface area (Å²) in [5.41, 5.74) is 8.29. The maximum absolute atomic E-state index is 5.59. The molecular formula is C12H15N3O2. The van der Waals surface area contributed by atoms with Crippen LogP contribution >= 0.6 is 0 Å². The molecule has 0 unspecified atom stereocenters. The van der Waals surface area contributed by atoms with Gasteiger partial charge in [-0.1, -0.05) is 6.07 Å². The van der Waals surface area contributed by atoms with Gasteiger partial charge in [-0.05, 0) is 18.6 Å². The average molecular weight is 233 g/mol. The van der Waals surface area contributed by atoms with Crippen molar-refractivity contribution in [2.45, 2.75) is 6.92 Å². The van der Waals surface area contributed by atoms with Gasteiger partial charge in [0.2, 0.25) is 0 Å². The van der Waals surface area contributed by atoms with Crippen molar-refractivity contribution < 1.29 is 9.47 Å². The zero-order valence-corrected chi connectivity index (χ0v) is 10.1. The van der Waals surface area contributed by atoms with Gasteiger partial charge in [-0.15, -0.1) is 0 Å². The highest BCUT2D eigenvalue weighted by Gasteiger charge is 2.15. The van der Waals surface area contributed by atoms with Crippen LogP contribution in [-0.4, -0.2) is 24.4 Å². The largest absolute Gasteiger partial charge is 0.493 e. The molecule has 17 heavy (non-hydrogen) atoms. The van der Waals surface area contributed by atoms with Gasteiger partial charge in [-0.3, -0.25) is 5.10 Å². The Morgan fingerprint density at radius 1 is 1.18 bits per heavy atom. The number of aromatic nitrogens is 2. The number of nitrogens with one attached hydrogen (secondary N) is 1. The molecule has 2 aromatic rings. The summed E-state index contributed by atoms with van der Waals surface area (Å²) < 4.78 is 10.7. The number of methoxy groups -OCH3 is 2. The van der Waals surface area contributed by atoms with E-state index in [1.807, 2.05) is 19.1 Å². The Balaban J connectivity index is 2.62. The van der Waals surface area contributed by atoms with E-state index in [2.05, 4.69) is 10.2 Å². The first kappa shape index (κ1) is 11.3. The fraction of sp³-hybridized carbons (Fsp3) is 0.250. The molecule has 5 nitrogen and oxygen atoms in total. The Kier molecular flexibility index (Phi) is 2.91. The molecule has 1 aromatic carbocycles. The number of hydrogen-bond acceptors (Lipinski definition) is 4. The Morgan fingerprint density at radius 2 is 1.88 bits per heavy atom. The van der Waals surface area contributed by atoms with E-state index in [4.69, 9.17) is 15.2 Å². The van der Waals surface area contributed by atoms with E-state index < -0.39 is 0 Å². The topological polar surface area (TPSA) is 73.2 Å². The van der Waals surface area contributed by atoms with Crippen LogP contribution in [0.4, 0.5) is 5.82 Å². The van der Waals surface area contributed by atoms with Gasteiger partial charge in [0.25, 0.3) is 0 Å².